The van der Waals surface area contributed by atoms with E-state index in [1.807, 2.05) is 4.98 Å². The Hall–Kier alpha value is -2.78. The van der Waals surface area contributed by atoms with E-state index < -0.39 is 23.2 Å². The molecular formula is C8H9N7O3. The summed E-state index contributed by atoms with van der Waals surface area (Å²) in [5.41, 5.74) is -1.65. The molecule has 0 aromatic carbocycles. The normalized spacial score (nSPS) is 12.1. The van der Waals surface area contributed by atoms with Crippen molar-refractivity contribution >= 4 is 5.91 Å². The van der Waals surface area contributed by atoms with Crippen LogP contribution >= 0.6 is 0 Å². The minimum Gasteiger partial charge on any atom is -0.342 e. The van der Waals surface area contributed by atoms with Gasteiger partial charge in [-0.25, -0.2) is 4.79 Å². The molecule has 2 rings (SSSR count). The van der Waals surface area contributed by atoms with Crippen LogP contribution in [-0.4, -0.2) is 36.5 Å². The van der Waals surface area contributed by atoms with Crippen LogP contribution in [0.5, 0.6) is 0 Å². The molecule has 10 nitrogen and oxygen atoms in total. The first-order valence-electron chi connectivity index (χ1n) is 4.94. The Morgan fingerprint density at radius 1 is 1.44 bits per heavy atom. The zero-order valence-electron chi connectivity index (χ0n) is 9.22. The van der Waals surface area contributed by atoms with Crippen LogP contribution in [0.25, 0.3) is 0 Å². The molecule has 2 aromatic heterocycles. The highest BCUT2D eigenvalue weighted by atomic mass is 16.2. The van der Waals surface area contributed by atoms with Gasteiger partial charge in [0.2, 0.25) is 0 Å². The topological polar surface area (TPSA) is 149 Å². The van der Waals surface area contributed by atoms with E-state index in [4.69, 9.17) is 0 Å². The number of H-pyrrole nitrogens is 3. The van der Waals surface area contributed by atoms with Gasteiger partial charge in [0.15, 0.2) is 5.82 Å². The number of tetrazole rings is 1. The van der Waals surface area contributed by atoms with Crippen LogP contribution in [0.1, 0.15) is 29.1 Å². The van der Waals surface area contributed by atoms with E-state index >= 15 is 0 Å². The molecule has 0 saturated heterocycles. The van der Waals surface area contributed by atoms with Gasteiger partial charge in [0.1, 0.15) is 5.56 Å². The first kappa shape index (κ1) is 11.7. The predicted octanol–water partition coefficient (Wildman–Crippen LogP) is -1.93. The standard InChI is InChI=1S/C8H9N7O3/c1-3(5-12-14-15-13-5)10-6(16)4-2-9-8(18)11-7(4)17/h2-3H,1H3,(H,10,16)(H2,9,11,17,18)(H,12,13,14,15). The average Bonchev–Trinajstić information content (AvgIpc) is 2.81. The number of rotatable bonds is 3. The fourth-order valence-electron chi connectivity index (χ4n) is 1.27. The summed E-state index contributed by atoms with van der Waals surface area (Å²) in [7, 11) is 0. The van der Waals surface area contributed by atoms with Gasteiger partial charge in [-0.1, -0.05) is 5.21 Å². The number of hydrogen-bond donors (Lipinski definition) is 4. The fraction of sp³-hybridized carbons (Fsp3) is 0.250. The Balaban J connectivity index is 2.17. The number of nitrogens with zero attached hydrogens (tertiary/aromatic N) is 3. The van der Waals surface area contributed by atoms with Gasteiger partial charge in [0, 0.05) is 6.20 Å². The molecule has 0 aliphatic rings. The first-order valence-corrected chi connectivity index (χ1v) is 4.94. The van der Waals surface area contributed by atoms with E-state index in [9.17, 15) is 14.4 Å². The summed E-state index contributed by atoms with van der Waals surface area (Å²) in [5, 5.41) is 15.5. The molecule has 1 amide bonds. The number of aromatic nitrogens is 6. The lowest BCUT2D eigenvalue weighted by Gasteiger charge is -2.08. The molecule has 1 atom stereocenters. The van der Waals surface area contributed by atoms with Crippen molar-refractivity contribution in [3.8, 4) is 0 Å². The van der Waals surface area contributed by atoms with Crippen molar-refractivity contribution in [3.05, 3.63) is 38.4 Å². The maximum atomic E-state index is 11.7. The predicted molar refractivity (Wildman–Crippen MR) is 57.7 cm³/mol. The third-order valence-electron chi connectivity index (χ3n) is 2.16. The molecule has 2 heterocycles. The lowest BCUT2D eigenvalue weighted by atomic mass is 10.2. The van der Waals surface area contributed by atoms with Gasteiger partial charge in [-0.05, 0) is 6.92 Å². The maximum absolute atomic E-state index is 11.7. The molecule has 18 heavy (non-hydrogen) atoms. The second kappa shape index (κ2) is 4.61. The summed E-state index contributed by atoms with van der Waals surface area (Å²) in [6.45, 7) is 1.63. The van der Waals surface area contributed by atoms with Gasteiger partial charge in [-0.15, -0.1) is 10.2 Å². The molecule has 0 aliphatic heterocycles. The van der Waals surface area contributed by atoms with Crippen molar-refractivity contribution in [3.63, 3.8) is 0 Å². The SMILES string of the molecule is CC(NC(=O)c1c[nH]c(=O)[nH]c1=O)c1nn[nH]n1. The number of hydrogen-bond acceptors (Lipinski definition) is 6. The van der Waals surface area contributed by atoms with E-state index in [1.165, 1.54) is 0 Å². The van der Waals surface area contributed by atoms with Crippen LogP contribution in [0.2, 0.25) is 0 Å². The Morgan fingerprint density at radius 3 is 2.83 bits per heavy atom. The molecule has 0 fully saturated rings. The molecule has 1 unspecified atom stereocenters. The largest absolute Gasteiger partial charge is 0.342 e. The lowest BCUT2D eigenvalue weighted by molar-refractivity contribution is 0.0936. The van der Waals surface area contributed by atoms with E-state index in [0.29, 0.717) is 0 Å². The molecule has 0 aliphatic carbocycles. The number of aromatic amines is 3. The quantitative estimate of drug-likeness (QED) is 0.498. The van der Waals surface area contributed by atoms with Crippen LogP contribution in [-0.2, 0) is 0 Å². The molecule has 0 saturated carbocycles. The maximum Gasteiger partial charge on any atom is 0.325 e. The molecule has 10 heteroatoms. The number of amides is 1. The van der Waals surface area contributed by atoms with Crippen LogP contribution < -0.4 is 16.6 Å². The number of carbonyl (C=O) groups excluding carboxylic acids is 1. The average molecular weight is 251 g/mol. The summed E-state index contributed by atoms with van der Waals surface area (Å²) in [5.74, 6) is -0.367. The van der Waals surface area contributed by atoms with Gasteiger partial charge in [-0.3, -0.25) is 14.6 Å². The third kappa shape index (κ3) is 2.31. The molecule has 2 aromatic rings. The highest BCUT2D eigenvalue weighted by Crippen LogP contribution is 2.03. The summed E-state index contributed by atoms with van der Waals surface area (Å²) >= 11 is 0. The summed E-state index contributed by atoms with van der Waals surface area (Å²) in [6.07, 6.45) is 1.04. The second-order valence-corrected chi connectivity index (χ2v) is 3.45. The van der Waals surface area contributed by atoms with Gasteiger partial charge < -0.3 is 10.3 Å². The minimum atomic E-state index is -0.767. The van der Waals surface area contributed by atoms with Crippen molar-refractivity contribution in [2.24, 2.45) is 0 Å². The monoisotopic (exact) mass is 251 g/mol. The molecule has 0 bridgehead atoms. The minimum absolute atomic E-state index is 0.204. The lowest BCUT2D eigenvalue weighted by Crippen LogP contribution is -2.35. The molecular weight excluding hydrogens is 242 g/mol. The second-order valence-electron chi connectivity index (χ2n) is 3.45. The Morgan fingerprint density at radius 2 is 2.22 bits per heavy atom. The van der Waals surface area contributed by atoms with E-state index in [-0.39, 0.29) is 11.4 Å². The smallest absolute Gasteiger partial charge is 0.325 e. The van der Waals surface area contributed by atoms with Crippen molar-refractivity contribution in [1.29, 1.82) is 0 Å². The molecule has 94 valence electrons. The summed E-state index contributed by atoms with van der Waals surface area (Å²) in [4.78, 5) is 38.1. The Kier molecular flexibility index (Phi) is 3.00. The fourth-order valence-corrected chi connectivity index (χ4v) is 1.27. The summed E-state index contributed by atoms with van der Waals surface area (Å²) in [6, 6.07) is -0.525. The Bertz CT molecular complexity index is 656. The van der Waals surface area contributed by atoms with E-state index in [1.54, 1.807) is 6.92 Å². The number of carbonyl (C=O) groups is 1. The molecule has 0 radical (unpaired) electrons. The van der Waals surface area contributed by atoms with Gasteiger partial charge in [0.05, 0.1) is 6.04 Å². The summed E-state index contributed by atoms with van der Waals surface area (Å²) < 4.78 is 0. The van der Waals surface area contributed by atoms with Crippen molar-refractivity contribution in [2.45, 2.75) is 13.0 Å². The van der Waals surface area contributed by atoms with Gasteiger partial charge in [-0.2, -0.15) is 5.21 Å². The first-order chi connectivity index (χ1) is 8.58. The van der Waals surface area contributed by atoms with E-state index in [2.05, 4.69) is 30.9 Å². The van der Waals surface area contributed by atoms with Crippen LogP contribution in [0.15, 0.2) is 15.8 Å². The third-order valence-corrected chi connectivity index (χ3v) is 2.16. The van der Waals surface area contributed by atoms with E-state index in [0.717, 1.165) is 6.20 Å². The van der Waals surface area contributed by atoms with Crippen molar-refractivity contribution in [2.75, 3.05) is 0 Å². The van der Waals surface area contributed by atoms with Crippen LogP contribution in [0.3, 0.4) is 0 Å². The van der Waals surface area contributed by atoms with Gasteiger partial charge in [0.25, 0.3) is 11.5 Å². The van der Waals surface area contributed by atoms with Gasteiger partial charge >= 0.3 is 5.69 Å². The molecule has 4 N–H and O–H groups in total. The highest BCUT2D eigenvalue weighted by molar-refractivity contribution is 5.93. The van der Waals surface area contributed by atoms with Crippen LogP contribution in [0.4, 0.5) is 0 Å². The zero-order valence-corrected chi connectivity index (χ0v) is 9.22. The van der Waals surface area contributed by atoms with Crippen molar-refractivity contribution in [1.82, 2.24) is 35.9 Å². The zero-order chi connectivity index (χ0) is 13.1. The number of nitrogens with one attached hydrogen (secondary N) is 4. The van der Waals surface area contributed by atoms with Crippen LogP contribution in [0, 0.1) is 0 Å². The van der Waals surface area contributed by atoms with Crippen molar-refractivity contribution < 1.29 is 4.79 Å². The molecule has 0 spiro atoms. The highest BCUT2D eigenvalue weighted by Gasteiger charge is 2.17. The Labute approximate surface area is 98.8 Å².